The number of unbranched alkanes of at least 4 members (excludes halogenated alkanes) is 1. The minimum atomic E-state index is 0.799. The van der Waals surface area contributed by atoms with Crippen LogP contribution >= 0.6 is 0 Å². The SMILES string of the molecule is CCC1CCC(NCCCCn2ccnc2)C1. The van der Waals surface area contributed by atoms with Gasteiger partial charge in [-0.3, -0.25) is 0 Å². The Hall–Kier alpha value is -0.830. The Bertz CT molecular complexity index is 294. The molecule has 1 aromatic heterocycles. The Labute approximate surface area is 105 Å². The van der Waals surface area contributed by atoms with Crippen molar-refractivity contribution in [1.29, 1.82) is 0 Å². The van der Waals surface area contributed by atoms with Gasteiger partial charge in [0.05, 0.1) is 6.33 Å². The van der Waals surface area contributed by atoms with E-state index in [1.165, 1.54) is 45.1 Å². The highest BCUT2D eigenvalue weighted by Crippen LogP contribution is 2.27. The summed E-state index contributed by atoms with van der Waals surface area (Å²) in [5.41, 5.74) is 0. The number of nitrogens with one attached hydrogen (secondary N) is 1. The van der Waals surface area contributed by atoms with Gasteiger partial charge in [0.2, 0.25) is 0 Å². The largest absolute Gasteiger partial charge is 0.337 e. The van der Waals surface area contributed by atoms with E-state index in [1.807, 2.05) is 18.7 Å². The zero-order valence-corrected chi connectivity index (χ0v) is 10.9. The Kier molecular flexibility index (Phi) is 5.05. The third-order valence-electron chi connectivity index (χ3n) is 3.95. The molecule has 0 aliphatic heterocycles. The van der Waals surface area contributed by atoms with E-state index in [-0.39, 0.29) is 0 Å². The molecule has 2 unspecified atom stereocenters. The van der Waals surface area contributed by atoms with Gasteiger partial charge in [0, 0.05) is 25.0 Å². The predicted octanol–water partition coefficient (Wildman–Crippen LogP) is 2.83. The number of hydrogen-bond donors (Lipinski definition) is 1. The van der Waals surface area contributed by atoms with Crippen LogP contribution in [0.5, 0.6) is 0 Å². The van der Waals surface area contributed by atoms with Gasteiger partial charge in [-0.1, -0.05) is 13.3 Å². The van der Waals surface area contributed by atoms with E-state index in [0.717, 1.165) is 18.5 Å². The molecule has 0 bridgehead atoms. The Morgan fingerprint density at radius 1 is 1.35 bits per heavy atom. The molecular formula is C14H25N3. The van der Waals surface area contributed by atoms with Gasteiger partial charge in [-0.05, 0) is 44.6 Å². The van der Waals surface area contributed by atoms with Crippen molar-refractivity contribution in [2.45, 2.75) is 58.0 Å². The number of nitrogens with zero attached hydrogens (tertiary/aromatic N) is 2. The number of rotatable bonds is 7. The Morgan fingerprint density at radius 3 is 3.00 bits per heavy atom. The van der Waals surface area contributed by atoms with Crippen LogP contribution < -0.4 is 5.32 Å². The summed E-state index contributed by atoms with van der Waals surface area (Å²) in [5, 5.41) is 3.70. The third-order valence-corrected chi connectivity index (χ3v) is 3.95. The van der Waals surface area contributed by atoms with Crippen molar-refractivity contribution in [3.05, 3.63) is 18.7 Å². The lowest BCUT2D eigenvalue weighted by molar-refractivity contribution is 0.464. The zero-order chi connectivity index (χ0) is 11.9. The lowest BCUT2D eigenvalue weighted by Gasteiger charge is -2.12. The average Bonchev–Trinajstić information content (AvgIpc) is 2.99. The monoisotopic (exact) mass is 235 g/mol. The molecule has 0 radical (unpaired) electrons. The summed E-state index contributed by atoms with van der Waals surface area (Å²) >= 11 is 0. The van der Waals surface area contributed by atoms with Crippen molar-refractivity contribution in [2.75, 3.05) is 6.54 Å². The maximum Gasteiger partial charge on any atom is 0.0945 e. The molecule has 1 fully saturated rings. The second kappa shape index (κ2) is 6.80. The zero-order valence-electron chi connectivity index (χ0n) is 10.9. The second-order valence-electron chi connectivity index (χ2n) is 5.25. The molecule has 0 saturated heterocycles. The van der Waals surface area contributed by atoms with Crippen LogP contribution in [0.3, 0.4) is 0 Å². The highest BCUT2D eigenvalue weighted by Gasteiger charge is 2.22. The van der Waals surface area contributed by atoms with E-state index in [9.17, 15) is 0 Å². The average molecular weight is 235 g/mol. The van der Waals surface area contributed by atoms with Crippen LogP contribution in [0.1, 0.15) is 45.4 Å². The topological polar surface area (TPSA) is 29.9 Å². The van der Waals surface area contributed by atoms with Gasteiger partial charge in [0.1, 0.15) is 0 Å². The molecule has 3 heteroatoms. The standard InChI is InChI=1S/C14H25N3/c1-2-13-5-6-14(11-13)16-7-3-4-9-17-10-8-15-12-17/h8,10,12-14,16H,2-7,9,11H2,1H3. The summed E-state index contributed by atoms with van der Waals surface area (Å²) in [6.07, 6.45) is 13.9. The molecule has 1 aliphatic rings. The Balaban J connectivity index is 1.49. The fraction of sp³-hybridized carbons (Fsp3) is 0.786. The molecular weight excluding hydrogens is 210 g/mol. The maximum atomic E-state index is 4.05. The number of aryl methyl sites for hydroxylation is 1. The van der Waals surface area contributed by atoms with Crippen molar-refractivity contribution in [3.63, 3.8) is 0 Å². The fourth-order valence-corrected chi connectivity index (χ4v) is 2.78. The molecule has 0 amide bonds. The summed E-state index contributed by atoms with van der Waals surface area (Å²) in [5.74, 6) is 0.985. The maximum absolute atomic E-state index is 4.05. The van der Waals surface area contributed by atoms with Gasteiger partial charge >= 0.3 is 0 Å². The van der Waals surface area contributed by atoms with Crippen LogP contribution in [0.25, 0.3) is 0 Å². The second-order valence-corrected chi connectivity index (χ2v) is 5.25. The van der Waals surface area contributed by atoms with Crippen LogP contribution in [-0.4, -0.2) is 22.1 Å². The molecule has 0 aromatic carbocycles. The van der Waals surface area contributed by atoms with Crippen LogP contribution in [0, 0.1) is 5.92 Å². The van der Waals surface area contributed by atoms with Gasteiger partial charge in [-0.25, -0.2) is 4.98 Å². The van der Waals surface area contributed by atoms with Crippen LogP contribution in [0.4, 0.5) is 0 Å². The quantitative estimate of drug-likeness (QED) is 0.737. The van der Waals surface area contributed by atoms with E-state index >= 15 is 0 Å². The molecule has 1 aliphatic carbocycles. The first-order chi connectivity index (χ1) is 8.38. The Morgan fingerprint density at radius 2 is 2.29 bits per heavy atom. The molecule has 2 rings (SSSR count). The summed E-state index contributed by atoms with van der Waals surface area (Å²) < 4.78 is 2.16. The van der Waals surface area contributed by atoms with Crippen LogP contribution in [0.2, 0.25) is 0 Å². The van der Waals surface area contributed by atoms with E-state index < -0.39 is 0 Å². The highest BCUT2D eigenvalue weighted by atomic mass is 15.0. The van der Waals surface area contributed by atoms with Gasteiger partial charge < -0.3 is 9.88 Å². The normalized spacial score (nSPS) is 24.3. The van der Waals surface area contributed by atoms with Crippen LogP contribution in [0.15, 0.2) is 18.7 Å². The number of aromatic nitrogens is 2. The first kappa shape index (κ1) is 12.6. The predicted molar refractivity (Wildman–Crippen MR) is 70.9 cm³/mol. The summed E-state index contributed by atoms with van der Waals surface area (Å²) in [6, 6.07) is 0.799. The van der Waals surface area contributed by atoms with E-state index in [2.05, 4.69) is 21.8 Å². The van der Waals surface area contributed by atoms with E-state index in [0.29, 0.717) is 0 Å². The van der Waals surface area contributed by atoms with Crippen molar-refractivity contribution < 1.29 is 0 Å². The number of imidazole rings is 1. The number of hydrogen-bond acceptors (Lipinski definition) is 2. The van der Waals surface area contributed by atoms with Crippen LogP contribution in [-0.2, 0) is 6.54 Å². The molecule has 1 aromatic rings. The van der Waals surface area contributed by atoms with Crippen molar-refractivity contribution in [3.8, 4) is 0 Å². The van der Waals surface area contributed by atoms with Gasteiger partial charge in [-0.2, -0.15) is 0 Å². The first-order valence-electron chi connectivity index (χ1n) is 7.07. The minimum absolute atomic E-state index is 0.799. The molecule has 1 heterocycles. The summed E-state index contributed by atoms with van der Waals surface area (Å²) in [7, 11) is 0. The first-order valence-corrected chi connectivity index (χ1v) is 7.07. The van der Waals surface area contributed by atoms with Crippen molar-refractivity contribution >= 4 is 0 Å². The smallest absolute Gasteiger partial charge is 0.0945 e. The summed E-state index contributed by atoms with van der Waals surface area (Å²) in [6.45, 7) is 4.60. The molecule has 2 atom stereocenters. The highest BCUT2D eigenvalue weighted by molar-refractivity contribution is 4.79. The van der Waals surface area contributed by atoms with E-state index in [4.69, 9.17) is 0 Å². The lowest BCUT2D eigenvalue weighted by atomic mass is 10.1. The minimum Gasteiger partial charge on any atom is -0.337 e. The molecule has 3 nitrogen and oxygen atoms in total. The third kappa shape index (κ3) is 4.15. The lowest BCUT2D eigenvalue weighted by Crippen LogP contribution is -2.27. The van der Waals surface area contributed by atoms with Crippen molar-refractivity contribution in [1.82, 2.24) is 14.9 Å². The van der Waals surface area contributed by atoms with Gasteiger partial charge in [0.15, 0.2) is 0 Å². The van der Waals surface area contributed by atoms with Gasteiger partial charge in [0.25, 0.3) is 0 Å². The molecule has 1 saturated carbocycles. The molecule has 96 valence electrons. The fourth-order valence-electron chi connectivity index (χ4n) is 2.78. The van der Waals surface area contributed by atoms with Gasteiger partial charge in [-0.15, -0.1) is 0 Å². The molecule has 1 N–H and O–H groups in total. The summed E-state index contributed by atoms with van der Waals surface area (Å²) in [4.78, 5) is 4.05. The molecule has 17 heavy (non-hydrogen) atoms. The van der Waals surface area contributed by atoms with E-state index in [1.54, 1.807) is 0 Å². The molecule has 0 spiro atoms. The van der Waals surface area contributed by atoms with Crippen molar-refractivity contribution in [2.24, 2.45) is 5.92 Å².